The van der Waals surface area contributed by atoms with E-state index >= 15 is 0 Å². The Bertz CT molecular complexity index is 570. The molecule has 1 aromatic carbocycles. The number of para-hydroxylation sites is 2. The number of amides is 1. The Morgan fingerprint density at radius 1 is 1.25 bits per heavy atom. The van der Waals surface area contributed by atoms with Crippen LogP contribution in [0.2, 0.25) is 0 Å². The molecule has 0 spiro atoms. The number of hydrogen-bond donors (Lipinski definition) is 1. The van der Waals surface area contributed by atoms with Crippen molar-refractivity contribution in [2.24, 2.45) is 5.92 Å². The first-order valence-electron chi connectivity index (χ1n) is 7.77. The Labute approximate surface area is 142 Å². The van der Waals surface area contributed by atoms with E-state index < -0.39 is 24.1 Å². The Hall–Kier alpha value is -2.34. The molecule has 2 atom stereocenters. The molecule has 1 amide bonds. The molecule has 6 nitrogen and oxygen atoms in total. The third-order valence-electron chi connectivity index (χ3n) is 3.27. The Kier molecular flexibility index (Phi) is 7.98. The number of ether oxygens (including phenoxy) is 3. The molecule has 0 heterocycles. The summed E-state index contributed by atoms with van der Waals surface area (Å²) < 4.78 is 15.7. The van der Waals surface area contributed by atoms with Crippen molar-refractivity contribution in [1.29, 1.82) is 0 Å². The molecule has 0 aliphatic carbocycles. The van der Waals surface area contributed by atoms with Crippen LogP contribution in [-0.4, -0.2) is 37.8 Å². The molecule has 0 aliphatic rings. The Morgan fingerprint density at radius 3 is 2.50 bits per heavy atom. The van der Waals surface area contributed by atoms with Gasteiger partial charge in [0.2, 0.25) is 0 Å². The zero-order valence-corrected chi connectivity index (χ0v) is 14.6. The summed E-state index contributed by atoms with van der Waals surface area (Å²) in [5.74, 6) is -0.679. The fourth-order valence-corrected chi connectivity index (χ4v) is 1.95. The average molecular weight is 335 g/mol. The predicted molar refractivity (Wildman–Crippen MR) is 92.0 cm³/mol. The van der Waals surface area contributed by atoms with E-state index in [1.54, 1.807) is 45.0 Å². The maximum absolute atomic E-state index is 12.5. The van der Waals surface area contributed by atoms with Gasteiger partial charge in [0.25, 0.3) is 5.91 Å². The summed E-state index contributed by atoms with van der Waals surface area (Å²) >= 11 is 0. The number of nitrogens with one attached hydrogen (secondary N) is 1. The third kappa shape index (κ3) is 5.70. The minimum Gasteiger partial charge on any atom is -0.495 e. The van der Waals surface area contributed by atoms with E-state index in [1.165, 1.54) is 13.2 Å². The molecule has 1 aromatic rings. The zero-order chi connectivity index (χ0) is 18.1. The highest BCUT2D eigenvalue weighted by molar-refractivity contribution is 5.96. The van der Waals surface area contributed by atoms with Crippen LogP contribution >= 0.6 is 0 Å². The molecular formula is C18H25NO5. The molecule has 2 unspecified atom stereocenters. The van der Waals surface area contributed by atoms with Gasteiger partial charge < -0.3 is 19.5 Å². The number of methoxy groups -OCH3 is 1. The molecule has 0 fully saturated rings. The monoisotopic (exact) mass is 335 g/mol. The number of carbonyl (C=O) groups excluding carboxylic acids is 2. The Balaban J connectivity index is 2.78. The first kappa shape index (κ1) is 19.7. The summed E-state index contributed by atoms with van der Waals surface area (Å²) in [5.41, 5.74) is 0.516. The van der Waals surface area contributed by atoms with Gasteiger partial charge in [0.15, 0.2) is 12.2 Å². The van der Waals surface area contributed by atoms with Crippen LogP contribution in [0.4, 0.5) is 5.69 Å². The highest BCUT2D eigenvalue weighted by atomic mass is 16.6. The lowest BCUT2D eigenvalue weighted by molar-refractivity contribution is -0.166. The van der Waals surface area contributed by atoms with Gasteiger partial charge in [-0.25, -0.2) is 4.79 Å². The van der Waals surface area contributed by atoms with E-state index in [0.29, 0.717) is 11.4 Å². The van der Waals surface area contributed by atoms with Crippen molar-refractivity contribution in [3.8, 4) is 5.75 Å². The van der Waals surface area contributed by atoms with Crippen LogP contribution in [0, 0.1) is 5.92 Å². The maximum atomic E-state index is 12.5. The first-order chi connectivity index (χ1) is 11.4. The van der Waals surface area contributed by atoms with Crippen molar-refractivity contribution in [3.63, 3.8) is 0 Å². The SMILES string of the molecule is C=CCOC(C)C(=O)OC(C(=O)Nc1ccccc1OC)C(C)C. The molecule has 0 aliphatic heterocycles. The quantitative estimate of drug-likeness (QED) is 0.555. The van der Waals surface area contributed by atoms with Gasteiger partial charge >= 0.3 is 5.97 Å². The van der Waals surface area contributed by atoms with E-state index in [1.807, 2.05) is 0 Å². The third-order valence-corrected chi connectivity index (χ3v) is 3.27. The lowest BCUT2D eigenvalue weighted by Crippen LogP contribution is -2.39. The first-order valence-corrected chi connectivity index (χ1v) is 7.77. The normalized spacial score (nSPS) is 13.0. The van der Waals surface area contributed by atoms with Crippen LogP contribution in [0.25, 0.3) is 0 Å². The molecule has 6 heteroatoms. The summed E-state index contributed by atoms with van der Waals surface area (Å²) in [6.07, 6.45) is -0.168. The molecular weight excluding hydrogens is 310 g/mol. The van der Waals surface area contributed by atoms with Crippen molar-refractivity contribution in [2.45, 2.75) is 33.0 Å². The number of carbonyl (C=O) groups is 2. The number of anilines is 1. The smallest absolute Gasteiger partial charge is 0.335 e. The van der Waals surface area contributed by atoms with E-state index in [2.05, 4.69) is 11.9 Å². The fourth-order valence-electron chi connectivity index (χ4n) is 1.95. The van der Waals surface area contributed by atoms with E-state index in [-0.39, 0.29) is 12.5 Å². The fraction of sp³-hybridized carbons (Fsp3) is 0.444. The van der Waals surface area contributed by atoms with Gasteiger partial charge in [-0.15, -0.1) is 6.58 Å². The minimum atomic E-state index is -0.933. The van der Waals surface area contributed by atoms with Crippen LogP contribution in [0.15, 0.2) is 36.9 Å². The van der Waals surface area contributed by atoms with E-state index in [9.17, 15) is 9.59 Å². The highest BCUT2D eigenvalue weighted by Crippen LogP contribution is 2.24. The van der Waals surface area contributed by atoms with Crippen LogP contribution in [0.3, 0.4) is 0 Å². The molecule has 0 bridgehead atoms. The van der Waals surface area contributed by atoms with Gasteiger partial charge in [0.05, 0.1) is 19.4 Å². The second kappa shape index (κ2) is 9.72. The van der Waals surface area contributed by atoms with Gasteiger partial charge in [0, 0.05) is 0 Å². The summed E-state index contributed by atoms with van der Waals surface area (Å²) in [4.78, 5) is 24.6. The number of rotatable bonds is 9. The summed E-state index contributed by atoms with van der Waals surface area (Å²) in [7, 11) is 1.52. The lowest BCUT2D eigenvalue weighted by Gasteiger charge is -2.23. The average Bonchev–Trinajstić information content (AvgIpc) is 2.57. The van der Waals surface area contributed by atoms with Crippen molar-refractivity contribution in [2.75, 3.05) is 19.0 Å². The van der Waals surface area contributed by atoms with Gasteiger partial charge in [-0.05, 0) is 25.0 Å². The van der Waals surface area contributed by atoms with Crippen LogP contribution in [0.1, 0.15) is 20.8 Å². The van der Waals surface area contributed by atoms with Gasteiger partial charge in [-0.1, -0.05) is 32.1 Å². The standard InChI is InChI=1S/C18H25NO5/c1-6-11-23-13(4)18(21)24-16(12(2)3)17(20)19-14-9-7-8-10-15(14)22-5/h6-10,12-13,16H,1,11H2,2-5H3,(H,19,20). The Morgan fingerprint density at radius 2 is 1.92 bits per heavy atom. The minimum absolute atomic E-state index is 0.199. The number of benzene rings is 1. The molecule has 0 aromatic heterocycles. The predicted octanol–water partition coefficient (Wildman–Crippen LogP) is 2.79. The summed E-state index contributed by atoms with van der Waals surface area (Å²) in [5, 5.41) is 2.73. The summed E-state index contributed by atoms with van der Waals surface area (Å²) in [6.45, 7) is 8.92. The molecule has 0 saturated carbocycles. The highest BCUT2D eigenvalue weighted by Gasteiger charge is 2.29. The molecule has 1 rings (SSSR count). The topological polar surface area (TPSA) is 73.9 Å². The van der Waals surface area contributed by atoms with Crippen LogP contribution in [0.5, 0.6) is 5.75 Å². The number of esters is 1. The van der Waals surface area contributed by atoms with Crippen molar-refractivity contribution in [3.05, 3.63) is 36.9 Å². The molecule has 1 N–H and O–H groups in total. The number of hydrogen-bond acceptors (Lipinski definition) is 5. The molecule has 0 saturated heterocycles. The molecule has 132 valence electrons. The van der Waals surface area contributed by atoms with Crippen LogP contribution < -0.4 is 10.1 Å². The van der Waals surface area contributed by atoms with E-state index in [0.717, 1.165) is 0 Å². The molecule has 24 heavy (non-hydrogen) atoms. The van der Waals surface area contributed by atoms with Gasteiger partial charge in [-0.2, -0.15) is 0 Å². The van der Waals surface area contributed by atoms with E-state index in [4.69, 9.17) is 14.2 Å². The van der Waals surface area contributed by atoms with Crippen LogP contribution in [-0.2, 0) is 19.1 Å². The largest absolute Gasteiger partial charge is 0.495 e. The van der Waals surface area contributed by atoms with Gasteiger partial charge in [0.1, 0.15) is 5.75 Å². The summed E-state index contributed by atoms with van der Waals surface area (Å²) in [6, 6.07) is 7.02. The lowest BCUT2D eigenvalue weighted by atomic mass is 10.1. The second-order valence-corrected chi connectivity index (χ2v) is 5.56. The van der Waals surface area contributed by atoms with Crippen molar-refractivity contribution >= 4 is 17.6 Å². The van der Waals surface area contributed by atoms with Crippen molar-refractivity contribution < 1.29 is 23.8 Å². The van der Waals surface area contributed by atoms with Crippen molar-refractivity contribution in [1.82, 2.24) is 0 Å². The second-order valence-electron chi connectivity index (χ2n) is 5.56. The zero-order valence-electron chi connectivity index (χ0n) is 14.6. The molecule has 0 radical (unpaired) electrons. The maximum Gasteiger partial charge on any atom is 0.335 e. The van der Waals surface area contributed by atoms with Gasteiger partial charge in [-0.3, -0.25) is 4.79 Å².